The van der Waals surface area contributed by atoms with Crippen LogP contribution >= 0.6 is 0 Å². The summed E-state index contributed by atoms with van der Waals surface area (Å²) >= 11 is 0. The number of piperazine rings is 1. The van der Waals surface area contributed by atoms with E-state index in [1.54, 1.807) is 12.0 Å². The Morgan fingerprint density at radius 3 is 2.33 bits per heavy atom. The largest absolute Gasteiger partial charge is 0.444 e. The van der Waals surface area contributed by atoms with Crippen LogP contribution in [0.2, 0.25) is 0 Å². The van der Waals surface area contributed by atoms with Crippen molar-refractivity contribution >= 4 is 24.1 Å². The van der Waals surface area contributed by atoms with Crippen molar-refractivity contribution in [2.45, 2.75) is 124 Å². The number of aliphatic hydroxyl groups excluding tert-OH is 1. The number of carbonyl (C=O) groups excluding carboxylic acids is 3. The molecule has 2 saturated heterocycles. The van der Waals surface area contributed by atoms with Crippen LogP contribution in [0.4, 0.5) is 4.79 Å². The van der Waals surface area contributed by atoms with Gasteiger partial charge in [-0.2, -0.15) is 0 Å². The van der Waals surface area contributed by atoms with Crippen molar-refractivity contribution in [1.82, 2.24) is 30.2 Å². The van der Waals surface area contributed by atoms with Gasteiger partial charge in [-0.15, -0.1) is 0 Å². The first kappa shape index (κ1) is 42.2. The minimum Gasteiger partial charge on any atom is -0.444 e. The van der Waals surface area contributed by atoms with Crippen LogP contribution in [0.5, 0.6) is 0 Å². The van der Waals surface area contributed by atoms with E-state index in [0.29, 0.717) is 58.8 Å². The highest BCUT2D eigenvalue weighted by Crippen LogP contribution is 2.31. The van der Waals surface area contributed by atoms with E-state index >= 15 is 0 Å². The van der Waals surface area contributed by atoms with Gasteiger partial charge in [-0.3, -0.25) is 24.8 Å². The Bertz CT molecular complexity index is 1250. The molecule has 4 rings (SSSR count). The van der Waals surface area contributed by atoms with E-state index in [0.717, 1.165) is 37.7 Å². The highest BCUT2D eigenvalue weighted by molar-refractivity contribution is 5.93. The molecule has 296 valence electrons. The van der Waals surface area contributed by atoms with Crippen molar-refractivity contribution in [3.8, 4) is 0 Å². The molecular weight excluding hydrogens is 662 g/mol. The zero-order valence-corrected chi connectivity index (χ0v) is 33.5. The number of nitrogens with zero attached hydrogens (tertiary/aromatic N) is 5. The van der Waals surface area contributed by atoms with E-state index in [2.05, 4.69) is 56.2 Å². The Morgan fingerprint density at radius 1 is 1.04 bits per heavy atom. The molecule has 0 saturated carbocycles. The van der Waals surface area contributed by atoms with Crippen molar-refractivity contribution in [2.24, 2.45) is 28.2 Å². The predicted octanol–water partition coefficient (Wildman–Crippen LogP) is 3.67. The normalized spacial score (nSPS) is 26.8. The van der Waals surface area contributed by atoms with Gasteiger partial charge in [-0.1, -0.05) is 40.7 Å². The molecule has 4 aliphatic rings. The molecule has 0 aromatic rings. The first-order valence-corrected chi connectivity index (χ1v) is 19.7. The van der Waals surface area contributed by atoms with E-state index < -0.39 is 29.8 Å². The van der Waals surface area contributed by atoms with E-state index in [1.807, 2.05) is 36.8 Å². The van der Waals surface area contributed by atoms with Gasteiger partial charge in [0, 0.05) is 77.4 Å². The van der Waals surface area contributed by atoms with Crippen LogP contribution in [0.1, 0.15) is 93.9 Å². The lowest BCUT2D eigenvalue weighted by Crippen LogP contribution is -2.65. The van der Waals surface area contributed by atoms with Crippen molar-refractivity contribution in [3.63, 3.8) is 0 Å². The van der Waals surface area contributed by atoms with E-state index in [-0.39, 0.29) is 48.1 Å². The van der Waals surface area contributed by atoms with Gasteiger partial charge in [-0.05, 0) is 77.2 Å². The number of nitrogens with one attached hydrogen (secondary N) is 2. The molecule has 1 aliphatic carbocycles. The highest BCUT2D eigenvalue weighted by atomic mass is 16.6. The molecule has 2 fully saturated rings. The third kappa shape index (κ3) is 11.7. The Kier molecular flexibility index (Phi) is 15.1. The number of amides is 3. The number of hydrogen-bond donors (Lipinski definition) is 3. The van der Waals surface area contributed by atoms with Crippen molar-refractivity contribution in [3.05, 3.63) is 11.6 Å². The molecule has 3 heterocycles. The smallest absolute Gasteiger partial charge is 0.410 e. The molecule has 0 aromatic carbocycles. The summed E-state index contributed by atoms with van der Waals surface area (Å²) in [6, 6.07) is -0.309. The van der Waals surface area contributed by atoms with Crippen LogP contribution in [0.25, 0.3) is 0 Å². The number of allylic oxidation sites excluding steroid dienone is 1. The Labute approximate surface area is 312 Å². The summed E-state index contributed by atoms with van der Waals surface area (Å²) in [6.07, 6.45) is 7.43. The number of aliphatic imine (C=N–C) groups is 1. The van der Waals surface area contributed by atoms with Gasteiger partial charge in [0.25, 0.3) is 0 Å². The first-order valence-electron chi connectivity index (χ1n) is 19.7. The molecule has 3 amide bonds. The zero-order valence-electron chi connectivity index (χ0n) is 33.5. The molecule has 13 nitrogen and oxygen atoms in total. The van der Waals surface area contributed by atoms with Crippen molar-refractivity contribution < 1.29 is 29.0 Å². The molecule has 13 heteroatoms. The van der Waals surface area contributed by atoms with Gasteiger partial charge in [0.2, 0.25) is 11.8 Å². The summed E-state index contributed by atoms with van der Waals surface area (Å²) < 4.78 is 11.1. The monoisotopic (exact) mass is 732 g/mol. The van der Waals surface area contributed by atoms with Crippen LogP contribution in [0, 0.1) is 23.2 Å². The summed E-state index contributed by atoms with van der Waals surface area (Å²) in [4.78, 5) is 53.5. The number of aliphatic hydroxyl groups is 1. The molecule has 6 atom stereocenters. The van der Waals surface area contributed by atoms with E-state index in [4.69, 9.17) is 14.5 Å². The minimum absolute atomic E-state index is 0.0205. The lowest BCUT2D eigenvalue weighted by atomic mass is 9.88. The topological polar surface area (TPSA) is 139 Å². The third-order valence-corrected chi connectivity index (χ3v) is 10.4. The molecule has 0 spiro atoms. The molecule has 3 N–H and O–H groups in total. The van der Waals surface area contributed by atoms with Gasteiger partial charge in [0.15, 0.2) is 0 Å². The van der Waals surface area contributed by atoms with Gasteiger partial charge >= 0.3 is 6.09 Å². The Morgan fingerprint density at radius 2 is 1.73 bits per heavy atom. The van der Waals surface area contributed by atoms with Gasteiger partial charge < -0.3 is 34.6 Å². The van der Waals surface area contributed by atoms with Crippen LogP contribution < -0.4 is 10.6 Å². The summed E-state index contributed by atoms with van der Waals surface area (Å²) in [5.41, 5.74) is 0.0673. The average Bonchev–Trinajstić information content (AvgIpc) is 3.10. The quantitative estimate of drug-likeness (QED) is 0.203. The number of likely N-dealkylation sites (tertiary alicyclic amines) is 1. The molecule has 0 aromatic heterocycles. The van der Waals surface area contributed by atoms with Crippen LogP contribution in [-0.4, -0.2) is 145 Å². The maximum Gasteiger partial charge on any atom is 0.410 e. The predicted molar refractivity (Wildman–Crippen MR) is 204 cm³/mol. The van der Waals surface area contributed by atoms with Gasteiger partial charge in [-0.25, -0.2) is 4.79 Å². The minimum atomic E-state index is -0.942. The van der Waals surface area contributed by atoms with Crippen molar-refractivity contribution in [1.29, 1.82) is 0 Å². The standard InChI is InChI=1S/C39H69N7O6/c1-27(2)24-46(35(49)31-23-41-36(38(3,4)5)42-32(31)40-16-13-21-51-9)30-22-29(25-45(26-30)37(50)52-39(6,7)8)34(48)44-19-17-43(18-20-44)33(47)28-14-11-10-12-15-28/h14,23,27,29-32,35-36,40,42,49H,10-13,15-22,24-26H2,1-9H3/t29-,30+,31?,32?,35?,36?/m1/s1. The van der Waals surface area contributed by atoms with Crippen LogP contribution in [-0.2, 0) is 19.1 Å². The fraction of sp³-hybridized carbons (Fsp3) is 0.846. The number of rotatable bonds is 12. The second-order valence-electron chi connectivity index (χ2n) is 17.7. The van der Waals surface area contributed by atoms with E-state index in [9.17, 15) is 19.5 Å². The molecule has 0 radical (unpaired) electrons. The number of piperidine rings is 1. The third-order valence-electron chi connectivity index (χ3n) is 10.4. The second kappa shape index (κ2) is 18.6. The fourth-order valence-corrected chi connectivity index (χ4v) is 7.69. The Hall–Kier alpha value is -2.58. The fourth-order valence-electron chi connectivity index (χ4n) is 7.69. The van der Waals surface area contributed by atoms with Crippen molar-refractivity contribution in [2.75, 3.05) is 66.1 Å². The maximum absolute atomic E-state index is 14.3. The lowest BCUT2D eigenvalue weighted by molar-refractivity contribution is -0.144. The second-order valence-corrected chi connectivity index (χ2v) is 17.7. The maximum atomic E-state index is 14.3. The first-order chi connectivity index (χ1) is 24.5. The number of methoxy groups -OCH3 is 1. The highest BCUT2D eigenvalue weighted by Gasteiger charge is 2.45. The Balaban J connectivity index is 1.56. The average molecular weight is 732 g/mol. The van der Waals surface area contributed by atoms with Crippen LogP contribution in [0.3, 0.4) is 0 Å². The molecule has 0 bridgehead atoms. The summed E-state index contributed by atoms with van der Waals surface area (Å²) in [5, 5.41) is 19.6. The SMILES string of the molecule is COCCCNC1NC(C(C)(C)C)N=CC1C(O)N(CC(C)C)[C@H]1C[C@@H](C(=O)N2CCN(C(=O)C3=CCCCC3)CC2)CN(C(=O)OC(C)(C)C)C1. The molecule has 52 heavy (non-hydrogen) atoms. The van der Waals surface area contributed by atoms with Gasteiger partial charge in [0.05, 0.1) is 18.0 Å². The molecule has 4 unspecified atom stereocenters. The summed E-state index contributed by atoms with van der Waals surface area (Å²) in [5.74, 6) is -0.596. The summed E-state index contributed by atoms with van der Waals surface area (Å²) in [7, 11) is 1.69. The number of carbonyl (C=O) groups is 3. The summed E-state index contributed by atoms with van der Waals surface area (Å²) in [6.45, 7) is 20.5. The lowest BCUT2D eigenvalue weighted by Gasteiger charge is -2.48. The van der Waals surface area contributed by atoms with Crippen LogP contribution in [0.15, 0.2) is 16.6 Å². The van der Waals surface area contributed by atoms with E-state index in [1.165, 1.54) is 0 Å². The number of ether oxygens (including phenoxy) is 2. The molecular formula is C39H69N7O6. The number of hydrogen-bond acceptors (Lipinski definition) is 10. The molecule has 3 aliphatic heterocycles. The zero-order chi connectivity index (χ0) is 38.2. The van der Waals surface area contributed by atoms with Gasteiger partial charge in [0.1, 0.15) is 18.0 Å².